The van der Waals surface area contributed by atoms with Gasteiger partial charge in [-0.25, -0.2) is 9.97 Å². The van der Waals surface area contributed by atoms with E-state index in [1.54, 1.807) is 18.0 Å². The Morgan fingerprint density at radius 3 is 2.91 bits per heavy atom. The molecule has 0 atom stereocenters. The third kappa shape index (κ3) is 2.76. The first-order valence-electron chi connectivity index (χ1n) is 8.00. The van der Waals surface area contributed by atoms with Crippen LogP contribution in [0.5, 0.6) is 0 Å². The maximum absolute atomic E-state index is 5.90. The van der Waals surface area contributed by atoms with Crippen LogP contribution in [0.3, 0.4) is 0 Å². The van der Waals surface area contributed by atoms with Crippen molar-refractivity contribution < 1.29 is 0 Å². The monoisotopic (exact) mass is 346 g/mol. The lowest BCUT2D eigenvalue weighted by Crippen LogP contribution is -2.51. The molecule has 1 saturated carbocycles. The number of aromatic nitrogens is 2. The van der Waals surface area contributed by atoms with E-state index in [2.05, 4.69) is 45.6 Å². The highest BCUT2D eigenvalue weighted by Crippen LogP contribution is 2.43. The summed E-state index contributed by atoms with van der Waals surface area (Å²) in [6.07, 6.45) is 14.6. The van der Waals surface area contributed by atoms with Gasteiger partial charge in [0.05, 0.1) is 5.70 Å². The van der Waals surface area contributed by atoms with Crippen LogP contribution in [-0.2, 0) is 0 Å². The van der Waals surface area contributed by atoms with Crippen molar-refractivity contribution >= 4 is 23.4 Å². The Bertz CT molecular complexity index is 719. The predicted molar refractivity (Wildman–Crippen MR) is 93.6 cm³/mol. The fourth-order valence-corrected chi connectivity index (χ4v) is 4.69. The number of hydrogen-bond donors (Lipinski definition) is 1. The molecule has 4 rings (SSSR count). The molecule has 4 nitrogen and oxygen atoms in total. The van der Waals surface area contributed by atoms with Crippen LogP contribution >= 0.6 is 23.4 Å². The topological polar surface area (TPSA) is 41.1 Å². The lowest BCUT2D eigenvalue weighted by Gasteiger charge is -2.43. The molecule has 2 aliphatic heterocycles. The van der Waals surface area contributed by atoms with Crippen molar-refractivity contribution in [1.29, 1.82) is 0 Å². The third-order valence-electron chi connectivity index (χ3n) is 4.72. The van der Waals surface area contributed by atoms with Crippen LogP contribution in [0.15, 0.2) is 51.9 Å². The van der Waals surface area contributed by atoms with Crippen LogP contribution in [-0.4, -0.2) is 20.5 Å². The first-order valence-corrected chi connectivity index (χ1v) is 9.20. The first kappa shape index (κ1) is 15.1. The van der Waals surface area contributed by atoms with Crippen LogP contribution in [0, 0.1) is 0 Å². The fraction of sp³-hybridized carbons (Fsp3) is 0.412. The standard InChI is InChI=1S/C17H19ClN4S/c1-12-9-13(23-15-5-8-19-16(18)21-15)11-22-14(12)10-20-17(22)6-3-2-4-7-17/h5,8-11,20H,2-4,6-7H2,1H3. The summed E-state index contributed by atoms with van der Waals surface area (Å²) in [4.78, 5) is 11.8. The number of halogens is 1. The number of allylic oxidation sites excluding steroid dienone is 2. The van der Waals surface area contributed by atoms with E-state index in [-0.39, 0.29) is 5.66 Å². The maximum Gasteiger partial charge on any atom is 0.223 e. The normalized spacial score (nSPS) is 22.2. The Hall–Kier alpha value is -1.46. The van der Waals surface area contributed by atoms with Gasteiger partial charge < -0.3 is 10.2 Å². The molecule has 1 N–H and O–H groups in total. The van der Waals surface area contributed by atoms with Gasteiger partial charge in [0.2, 0.25) is 5.28 Å². The highest BCUT2D eigenvalue weighted by molar-refractivity contribution is 8.03. The van der Waals surface area contributed by atoms with E-state index in [1.165, 1.54) is 48.3 Å². The third-order valence-corrected chi connectivity index (χ3v) is 5.80. The number of rotatable bonds is 2. The van der Waals surface area contributed by atoms with Crippen molar-refractivity contribution in [1.82, 2.24) is 20.2 Å². The van der Waals surface area contributed by atoms with Gasteiger partial charge in [-0.15, -0.1) is 0 Å². The van der Waals surface area contributed by atoms with Crippen molar-refractivity contribution in [3.05, 3.63) is 52.2 Å². The zero-order valence-electron chi connectivity index (χ0n) is 13.1. The molecule has 0 saturated heterocycles. The molecule has 0 bridgehead atoms. The van der Waals surface area contributed by atoms with Gasteiger partial charge in [0.1, 0.15) is 10.7 Å². The van der Waals surface area contributed by atoms with Crippen molar-refractivity contribution in [2.45, 2.75) is 49.7 Å². The Kier molecular flexibility index (Phi) is 3.85. The van der Waals surface area contributed by atoms with Gasteiger partial charge in [-0.2, -0.15) is 0 Å². The molecule has 1 aromatic rings. The van der Waals surface area contributed by atoms with Gasteiger partial charge in [-0.1, -0.05) is 18.2 Å². The summed E-state index contributed by atoms with van der Waals surface area (Å²) >= 11 is 7.53. The van der Waals surface area contributed by atoms with E-state index in [0.717, 1.165) is 5.03 Å². The summed E-state index contributed by atoms with van der Waals surface area (Å²) in [5.74, 6) is 0. The molecule has 120 valence electrons. The molecule has 0 radical (unpaired) electrons. The lowest BCUT2D eigenvalue weighted by molar-refractivity contribution is 0.126. The van der Waals surface area contributed by atoms with Crippen LogP contribution in [0.2, 0.25) is 5.28 Å². The average molecular weight is 347 g/mol. The lowest BCUT2D eigenvalue weighted by atomic mass is 9.88. The van der Waals surface area contributed by atoms with E-state index < -0.39 is 0 Å². The SMILES string of the molecule is CC1=CC(Sc2ccnc(Cl)n2)=CN2C1=CNC21CCCCC1. The Morgan fingerprint density at radius 2 is 2.13 bits per heavy atom. The van der Waals surface area contributed by atoms with E-state index >= 15 is 0 Å². The van der Waals surface area contributed by atoms with Crippen molar-refractivity contribution in [3.8, 4) is 0 Å². The van der Waals surface area contributed by atoms with Gasteiger partial charge in [0.15, 0.2) is 0 Å². The smallest absolute Gasteiger partial charge is 0.223 e. The summed E-state index contributed by atoms with van der Waals surface area (Å²) in [5, 5.41) is 4.82. The minimum atomic E-state index is 0.0677. The van der Waals surface area contributed by atoms with E-state index in [1.807, 2.05) is 6.07 Å². The van der Waals surface area contributed by atoms with Gasteiger partial charge in [0.25, 0.3) is 0 Å². The maximum atomic E-state index is 5.90. The molecule has 1 aliphatic carbocycles. The molecule has 3 aliphatic rings. The number of thioether (sulfide) groups is 1. The number of hydrogen-bond acceptors (Lipinski definition) is 5. The quantitative estimate of drug-likeness (QED) is 0.633. The highest BCUT2D eigenvalue weighted by Gasteiger charge is 2.42. The molecule has 0 amide bonds. The van der Waals surface area contributed by atoms with E-state index in [4.69, 9.17) is 11.6 Å². The highest BCUT2D eigenvalue weighted by atomic mass is 35.5. The zero-order chi connectivity index (χ0) is 15.9. The van der Waals surface area contributed by atoms with Crippen LogP contribution in [0.4, 0.5) is 0 Å². The second-order valence-corrected chi connectivity index (χ2v) is 7.69. The summed E-state index contributed by atoms with van der Waals surface area (Å²) < 4.78 is 0. The molecule has 23 heavy (non-hydrogen) atoms. The Morgan fingerprint density at radius 1 is 1.30 bits per heavy atom. The fourth-order valence-electron chi connectivity index (χ4n) is 3.60. The number of nitrogens with one attached hydrogen (secondary N) is 1. The van der Waals surface area contributed by atoms with E-state index in [0.29, 0.717) is 5.28 Å². The van der Waals surface area contributed by atoms with Crippen molar-refractivity contribution in [3.63, 3.8) is 0 Å². The number of fused-ring (bicyclic) bond motifs is 2. The minimum absolute atomic E-state index is 0.0677. The second-order valence-electron chi connectivity index (χ2n) is 6.26. The molecular weight excluding hydrogens is 328 g/mol. The van der Waals surface area contributed by atoms with E-state index in [9.17, 15) is 0 Å². The second kappa shape index (κ2) is 5.87. The average Bonchev–Trinajstić information content (AvgIpc) is 2.87. The van der Waals surface area contributed by atoms with Crippen molar-refractivity contribution in [2.75, 3.05) is 0 Å². The molecule has 1 aromatic heterocycles. The predicted octanol–water partition coefficient (Wildman–Crippen LogP) is 4.43. The molecular formula is C17H19ClN4S. The minimum Gasteiger partial charge on any atom is -0.367 e. The van der Waals surface area contributed by atoms with Crippen LogP contribution in [0.1, 0.15) is 39.0 Å². The summed E-state index contributed by atoms with van der Waals surface area (Å²) in [6.45, 7) is 2.17. The molecule has 0 aromatic carbocycles. The summed E-state index contributed by atoms with van der Waals surface area (Å²) in [7, 11) is 0. The molecule has 1 fully saturated rings. The Labute approximate surface area is 145 Å². The molecule has 3 heterocycles. The summed E-state index contributed by atoms with van der Waals surface area (Å²) in [6, 6.07) is 1.89. The largest absolute Gasteiger partial charge is 0.367 e. The summed E-state index contributed by atoms with van der Waals surface area (Å²) in [5.41, 5.74) is 2.64. The van der Waals surface area contributed by atoms with Crippen molar-refractivity contribution in [2.24, 2.45) is 0 Å². The molecule has 0 unspecified atom stereocenters. The Balaban J connectivity index is 1.63. The van der Waals surface area contributed by atoms with Crippen LogP contribution in [0.25, 0.3) is 0 Å². The molecule has 6 heteroatoms. The van der Waals surface area contributed by atoms with Gasteiger partial charge in [-0.05, 0) is 61.9 Å². The van der Waals surface area contributed by atoms with Gasteiger partial charge in [-0.3, -0.25) is 0 Å². The molecule has 1 spiro atoms. The first-order chi connectivity index (χ1) is 11.2. The number of nitrogens with zero attached hydrogens (tertiary/aromatic N) is 3. The zero-order valence-corrected chi connectivity index (χ0v) is 14.6. The van der Waals surface area contributed by atoms with Crippen LogP contribution < -0.4 is 5.32 Å². The van der Waals surface area contributed by atoms with Gasteiger partial charge in [0, 0.05) is 23.5 Å². The van der Waals surface area contributed by atoms with Gasteiger partial charge >= 0.3 is 0 Å².